The van der Waals surface area contributed by atoms with E-state index in [0.29, 0.717) is 23.0 Å². The van der Waals surface area contributed by atoms with Gasteiger partial charge in [-0.3, -0.25) is 0 Å². The van der Waals surface area contributed by atoms with Gasteiger partial charge in [-0.15, -0.1) is 0 Å². The van der Waals surface area contributed by atoms with E-state index in [9.17, 15) is 32.6 Å². The molecule has 35 heavy (non-hydrogen) atoms. The lowest BCUT2D eigenvalue weighted by Crippen LogP contribution is -2.43. The lowest BCUT2D eigenvalue weighted by atomic mass is 9.86. The number of carboxylic acid groups (broad SMARTS) is 1. The first-order valence-electron chi connectivity index (χ1n) is 11.0. The van der Waals surface area contributed by atoms with Crippen LogP contribution in [0.5, 0.6) is 0 Å². The molecule has 2 N–H and O–H groups in total. The van der Waals surface area contributed by atoms with Gasteiger partial charge in [0, 0.05) is 23.7 Å². The minimum Gasteiger partial charge on any atom is -0.477 e. The SMILES string of the molecule is CCCCCn1cc(C(O)(c2ccc3c(cnn3-c3ccc(F)cc3)c2)C(F)(F)F)cc1C(=O)O. The van der Waals surface area contributed by atoms with Crippen LogP contribution in [0.4, 0.5) is 17.6 Å². The minimum atomic E-state index is -5.14. The van der Waals surface area contributed by atoms with Crippen molar-refractivity contribution in [2.45, 2.75) is 44.5 Å². The molecule has 2 heterocycles. The largest absolute Gasteiger partial charge is 0.477 e. The molecule has 0 spiro atoms. The highest BCUT2D eigenvalue weighted by Gasteiger charge is 2.57. The molecule has 0 aliphatic heterocycles. The molecule has 4 rings (SSSR count). The Morgan fingerprint density at radius 1 is 1.03 bits per heavy atom. The van der Waals surface area contributed by atoms with E-state index in [1.165, 1.54) is 51.8 Å². The Bertz CT molecular complexity index is 1360. The number of aryl methyl sites for hydroxylation is 1. The monoisotopic (exact) mass is 489 g/mol. The third-order valence-corrected chi connectivity index (χ3v) is 6.00. The molecule has 0 saturated heterocycles. The zero-order valence-corrected chi connectivity index (χ0v) is 18.8. The summed E-state index contributed by atoms with van der Waals surface area (Å²) in [5.41, 5.74) is -3.87. The van der Waals surface area contributed by atoms with Gasteiger partial charge < -0.3 is 14.8 Å². The normalized spacial score (nSPS) is 13.8. The number of carboxylic acids is 1. The van der Waals surface area contributed by atoms with Crippen molar-refractivity contribution in [2.75, 3.05) is 0 Å². The minimum absolute atomic E-state index is 0.215. The number of aromatic nitrogens is 3. The maximum absolute atomic E-state index is 14.4. The summed E-state index contributed by atoms with van der Waals surface area (Å²) in [6, 6.07) is 10.0. The summed E-state index contributed by atoms with van der Waals surface area (Å²) in [6.45, 7) is 2.17. The lowest BCUT2D eigenvalue weighted by molar-refractivity contribution is -0.248. The quantitative estimate of drug-likeness (QED) is 0.248. The van der Waals surface area contributed by atoms with Crippen LogP contribution in [0.3, 0.4) is 0 Å². The van der Waals surface area contributed by atoms with Crippen molar-refractivity contribution in [3.05, 3.63) is 83.6 Å². The molecule has 0 aliphatic carbocycles. The first-order chi connectivity index (χ1) is 16.6. The van der Waals surface area contributed by atoms with E-state index in [1.54, 1.807) is 0 Å². The molecule has 1 unspecified atom stereocenters. The van der Waals surface area contributed by atoms with Crippen molar-refractivity contribution in [3.63, 3.8) is 0 Å². The zero-order valence-electron chi connectivity index (χ0n) is 18.8. The summed E-state index contributed by atoms with van der Waals surface area (Å²) in [7, 11) is 0. The van der Waals surface area contributed by atoms with E-state index in [-0.39, 0.29) is 12.2 Å². The molecule has 0 radical (unpaired) electrons. The van der Waals surface area contributed by atoms with Crippen molar-refractivity contribution in [1.29, 1.82) is 0 Å². The third kappa shape index (κ3) is 4.41. The van der Waals surface area contributed by atoms with Crippen LogP contribution in [-0.4, -0.2) is 36.7 Å². The highest BCUT2D eigenvalue weighted by molar-refractivity contribution is 5.86. The van der Waals surface area contributed by atoms with Crippen LogP contribution in [0, 0.1) is 5.82 Å². The number of alkyl halides is 3. The predicted octanol–water partition coefficient (Wildman–Crippen LogP) is 5.65. The molecule has 4 aromatic rings. The van der Waals surface area contributed by atoms with Crippen molar-refractivity contribution < 1.29 is 32.6 Å². The highest BCUT2D eigenvalue weighted by atomic mass is 19.4. The number of nitrogens with zero attached hydrogens (tertiary/aromatic N) is 3. The number of benzene rings is 2. The van der Waals surface area contributed by atoms with Gasteiger partial charge in [0.25, 0.3) is 0 Å². The summed E-state index contributed by atoms with van der Waals surface area (Å²) in [5, 5.41) is 25.1. The molecule has 6 nitrogen and oxygen atoms in total. The summed E-state index contributed by atoms with van der Waals surface area (Å²) >= 11 is 0. The second-order valence-electron chi connectivity index (χ2n) is 8.33. The smallest absolute Gasteiger partial charge is 0.425 e. The number of carbonyl (C=O) groups is 1. The highest BCUT2D eigenvalue weighted by Crippen LogP contribution is 2.45. The Morgan fingerprint density at radius 3 is 2.37 bits per heavy atom. The van der Waals surface area contributed by atoms with Crippen LogP contribution in [0.25, 0.3) is 16.6 Å². The van der Waals surface area contributed by atoms with Gasteiger partial charge in [0.15, 0.2) is 0 Å². The summed E-state index contributed by atoms with van der Waals surface area (Å²) < 4.78 is 59.0. The molecular formula is C25H23F4N3O3. The Balaban J connectivity index is 1.81. The van der Waals surface area contributed by atoms with Crippen LogP contribution in [-0.2, 0) is 12.1 Å². The van der Waals surface area contributed by atoms with E-state index in [4.69, 9.17) is 0 Å². The van der Waals surface area contributed by atoms with E-state index in [1.807, 2.05) is 6.92 Å². The predicted molar refractivity (Wildman–Crippen MR) is 121 cm³/mol. The Hall–Kier alpha value is -3.66. The Morgan fingerprint density at radius 2 is 1.74 bits per heavy atom. The molecule has 0 fully saturated rings. The average Bonchev–Trinajstić information content (AvgIpc) is 3.43. The standard InChI is InChI=1S/C25H23F4N3O3/c1-2-3-4-11-31-15-18(13-22(31)23(33)34)24(35,25(27,28)29)17-5-10-21-16(12-17)14-30-32(21)20-8-6-19(26)7-9-20/h5-10,12-15,35H,2-4,11H2,1H3,(H,33,34). The summed E-state index contributed by atoms with van der Waals surface area (Å²) in [6.07, 6.45) is -0.515. The second-order valence-corrected chi connectivity index (χ2v) is 8.33. The molecule has 0 saturated carbocycles. The molecule has 1 atom stereocenters. The molecule has 2 aromatic carbocycles. The van der Waals surface area contributed by atoms with Crippen LogP contribution >= 0.6 is 0 Å². The van der Waals surface area contributed by atoms with E-state index < -0.39 is 34.7 Å². The number of halogens is 4. The Labute approximate surface area is 198 Å². The average molecular weight is 489 g/mol. The fourth-order valence-electron chi connectivity index (χ4n) is 4.14. The maximum atomic E-state index is 14.4. The fourth-order valence-corrected chi connectivity index (χ4v) is 4.14. The van der Waals surface area contributed by atoms with Crippen molar-refractivity contribution in [1.82, 2.24) is 14.3 Å². The number of hydrogen-bond donors (Lipinski definition) is 2. The number of aromatic carboxylic acids is 1. The first-order valence-corrected chi connectivity index (χ1v) is 11.0. The van der Waals surface area contributed by atoms with Gasteiger partial charge >= 0.3 is 12.1 Å². The number of unbranched alkanes of at least 4 members (excludes halogenated alkanes) is 2. The third-order valence-electron chi connectivity index (χ3n) is 6.00. The summed E-state index contributed by atoms with van der Waals surface area (Å²) in [5.74, 6) is -1.82. The van der Waals surface area contributed by atoms with Gasteiger partial charge in [0.05, 0.1) is 17.4 Å². The number of hydrogen-bond acceptors (Lipinski definition) is 3. The molecule has 10 heteroatoms. The van der Waals surface area contributed by atoms with Crippen LogP contribution in [0.15, 0.2) is 60.9 Å². The molecule has 0 aliphatic rings. The number of aliphatic hydroxyl groups is 1. The zero-order chi connectivity index (χ0) is 25.4. The van der Waals surface area contributed by atoms with Crippen molar-refractivity contribution in [3.8, 4) is 5.69 Å². The van der Waals surface area contributed by atoms with Gasteiger partial charge in [0.2, 0.25) is 5.60 Å². The topological polar surface area (TPSA) is 80.3 Å². The van der Waals surface area contributed by atoms with Gasteiger partial charge in [0.1, 0.15) is 11.5 Å². The molecule has 184 valence electrons. The van der Waals surface area contributed by atoms with E-state index in [2.05, 4.69) is 5.10 Å². The molecule has 0 bridgehead atoms. The van der Waals surface area contributed by atoms with Crippen LogP contribution < -0.4 is 0 Å². The van der Waals surface area contributed by atoms with Crippen molar-refractivity contribution in [2.24, 2.45) is 0 Å². The lowest BCUT2D eigenvalue weighted by Gasteiger charge is -2.30. The second kappa shape index (κ2) is 9.18. The van der Waals surface area contributed by atoms with Crippen molar-refractivity contribution >= 4 is 16.9 Å². The van der Waals surface area contributed by atoms with Crippen LogP contribution in [0.2, 0.25) is 0 Å². The molecular weight excluding hydrogens is 466 g/mol. The fraction of sp³-hybridized carbons (Fsp3) is 0.280. The molecule has 0 amide bonds. The molecule has 2 aromatic heterocycles. The van der Waals surface area contributed by atoms with Gasteiger partial charge in [-0.25, -0.2) is 13.9 Å². The Kier molecular flexibility index (Phi) is 6.42. The van der Waals surface area contributed by atoms with Gasteiger partial charge in [-0.05, 0) is 54.4 Å². The van der Waals surface area contributed by atoms with Gasteiger partial charge in [-0.2, -0.15) is 18.3 Å². The summed E-state index contributed by atoms with van der Waals surface area (Å²) in [4.78, 5) is 11.7. The van der Waals surface area contributed by atoms with Gasteiger partial charge in [-0.1, -0.05) is 25.8 Å². The number of rotatable bonds is 8. The van der Waals surface area contributed by atoms with E-state index in [0.717, 1.165) is 31.2 Å². The van der Waals surface area contributed by atoms with E-state index >= 15 is 0 Å². The first kappa shape index (κ1) is 24.5. The van der Waals surface area contributed by atoms with Crippen LogP contribution in [0.1, 0.15) is 47.8 Å². The number of fused-ring (bicyclic) bond motifs is 1. The maximum Gasteiger partial charge on any atom is 0.425 e.